The Kier molecular flexibility index (Phi) is 2.22. The first kappa shape index (κ1) is 6.75. The second kappa shape index (κ2) is 2.97. The Morgan fingerprint density at radius 2 is 2.00 bits per heavy atom. The third-order valence-electron chi connectivity index (χ3n) is 1.96. The predicted octanol–water partition coefficient (Wildman–Crippen LogP) is 0.736. The zero-order chi connectivity index (χ0) is 6.69. The van der Waals surface area contributed by atoms with E-state index in [1.807, 2.05) is 0 Å². The number of aldehydes is 1. The number of hydrogen-bond donors (Lipinski definition) is 1. The topological polar surface area (TPSA) is 37.3 Å². The van der Waals surface area contributed by atoms with Gasteiger partial charge in [0.2, 0.25) is 0 Å². The van der Waals surface area contributed by atoms with Gasteiger partial charge in [0.1, 0.15) is 6.29 Å². The van der Waals surface area contributed by atoms with E-state index in [0.29, 0.717) is 0 Å². The van der Waals surface area contributed by atoms with Crippen LogP contribution in [-0.4, -0.2) is 17.5 Å². The summed E-state index contributed by atoms with van der Waals surface area (Å²) in [5.41, 5.74) is 0. The van der Waals surface area contributed by atoms with E-state index in [1.165, 1.54) is 0 Å². The molecule has 1 aliphatic rings. The molecule has 1 N–H and O–H groups in total. The monoisotopic (exact) mass is 128 g/mol. The number of hydrogen-bond acceptors (Lipinski definition) is 2. The molecular weight excluding hydrogens is 116 g/mol. The minimum absolute atomic E-state index is 0.0706. The summed E-state index contributed by atoms with van der Waals surface area (Å²) < 4.78 is 0. The largest absolute Gasteiger partial charge is 0.392 e. The van der Waals surface area contributed by atoms with E-state index in [2.05, 4.69) is 0 Å². The number of carbonyl (C=O) groups excluding carboxylic acids is 1. The van der Waals surface area contributed by atoms with Crippen LogP contribution in [0, 0.1) is 5.92 Å². The fourth-order valence-electron chi connectivity index (χ4n) is 1.30. The van der Waals surface area contributed by atoms with Crippen molar-refractivity contribution in [2.75, 3.05) is 0 Å². The van der Waals surface area contributed by atoms with Gasteiger partial charge in [-0.2, -0.15) is 0 Å². The van der Waals surface area contributed by atoms with Gasteiger partial charge in [-0.05, 0) is 12.8 Å². The summed E-state index contributed by atoms with van der Waals surface area (Å²) in [7, 11) is 0. The van der Waals surface area contributed by atoms with E-state index in [9.17, 15) is 4.79 Å². The Balaban J connectivity index is 2.38. The summed E-state index contributed by atoms with van der Waals surface area (Å²) in [6.45, 7) is 0. The average Bonchev–Trinajstić information content (AvgIpc) is 1.89. The zero-order valence-electron chi connectivity index (χ0n) is 5.42. The summed E-state index contributed by atoms with van der Waals surface area (Å²) in [5.74, 6) is -0.0706. The summed E-state index contributed by atoms with van der Waals surface area (Å²) in [6, 6.07) is 0. The quantitative estimate of drug-likeness (QED) is 0.529. The average molecular weight is 128 g/mol. The van der Waals surface area contributed by atoms with E-state index in [1.54, 1.807) is 0 Å². The highest BCUT2D eigenvalue weighted by atomic mass is 16.3. The van der Waals surface area contributed by atoms with Crippen LogP contribution in [0.2, 0.25) is 0 Å². The van der Waals surface area contributed by atoms with Crippen molar-refractivity contribution in [3.8, 4) is 0 Å². The van der Waals surface area contributed by atoms with E-state index in [4.69, 9.17) is 5.11 Å². The van der Waals surface area contributed by atoms with E-state index in [-0.39, 0.29) is 12.0 Å². The summed E-state index contributed by atoms with van der Waals surface area (Å²) >= 11 is 0. The minimum Gasteiger partial charge on any atom is -0.392 e. The third-order valence-corrected chi connectivity index (χ3v) is 1.96. The maximum Gasteiger partial charge on any atom is 0.125 e. The van der Waals surface area contributed by atoms with Crippen molar-refractivity contribution in [2.24, 2.45) is 5.92 Å². The van der Waals surface area contributed by atoms with Crippen molar-refractivity contribution in [1.29, 1.82) is 0 Å². The van der Waals surface area contributed by atoms with Gasteiger partial charge in [-0.15, -0.1) is 0 Å². The van der Waals surface area contributed by atoms with Crippen molar-refractivity contribution >= 4 is 6.29 Å². The van der Waals surface area contributed by atoms with Gasteiger partial charge in [0.15, 0.2) is 0 Å². The molecule has 1 fully saturated rings. The highest BCUT2D eigenvalue weighted by Gasteiger charge is 2.21. The van der Waals surface area contributed by atoms with Crippen LogP contribution >= 0.6 is 0 Å². The fourth-order valence-corrected chi connectivity index (χ4v) is 1.30. The van der Waals surface area contributed by atoms with Crippen molar-refractivity contribution in [1.82, 2.24) is 0 Å². The molecule has 2 nitrogen and oxygen atoms in total. The van der Waals surface area contributed by atoms with Crippen LogP contribution in [0.4, 0.5) is 0 Å². The van der Waals surface area contributed by atoms with Gasteiger partial charge in [0.05, 0.1) is 6.10 Å². The van der Waals surface area contributed by atoms with Crippen LogP contribution in [0.25, 0.3) is 0 Å². The van der Waals surface area contributed by atoms with Gasteiger partial charge >= 0.3 is 0 Å². The maximum atomic E-state index is 10.2. The molecule has 9 heavy (non-hydrogen) atoms. The molecule has 1 saturated carbocycles. The lowest BCUT2D eigenvalue weighted by molar-refractivity contribution is -0.115. The molecule has 52 valence electrons. The summed E-state index contributed by atoms with van der Waals surface area (Å²) in [4.78, 5) is 10.2. The van der Waals surface area contributed by atoms with Crippen molar-refractivity contribution < 1.29 is 9.90 Å². The lowest BCUT2D eigenvalue weighted by Gasteiger charge is -2.22. The Hall–Kier alpha value is -0.370. The highest BCUT2D eigenvalue weighted by Crippen LogP contribution is 2.21. The molecule has 0 saturated heterocycles. The molecule has 1 rings (SSSR count). The van der Waals surface area contributed by atoms with Gasteiger partial charge in [0.25, 0.3) is 0 Å². The Morgan fingerprint density at radius 3 is 2.44 bits per heavy atom. The molecule has 0 amide bonds. The molecule has 0 heterocycles. The highest BCUT2D eigenvalue weighted by molar-refractivity contribution is 5.54. The van der Waals surface area contributed by atoms with Crippen molar-refractivity contribution in [3.63, 3.8) is 0 Å². The molecule has 0 aliphatic heterocycles. The van der Waals surface area contributed by atoms with Crippen LogP contribution < -0.4 is 0 Å². The molecule has 0 spiro atoms. The summed E-state index contributed by atoms with van der Waals surface area (Å²) in [5, 5.41) is 9.14. The number of aliphatic hydroxyl groups excluding tert-OH is 1. The normalized spacial score (nSPS) is 36.1. The van der Waals surface area contributed by atoms with Crippen molar-refractivity contribution in [2.45, 2.75) is 31.8 Å². The van der Waals surface area contributed by atoms with Gasteiger partial charge < -0.3 is 9.90 Å². The van der Waals surface area contributed by atoms with Crippen LogP contribution in [-0.2, 0) is 4.79 Å². The van der Waals surface area contributed by atoms with Crippen LogP contribution in [0.15, 0.2) is 0 Å². The first-order valence-electron chi connectivity index (χ1n) is 3.48. The van der Waals surface area contributed by atoms with E-state index < -0.39 is 0 Å². The van der Waals surface area contributed by atoms with Gasteiger partial charge in [-0.25, -0.2) is 0 Å². The molecule has 0 bridgehead atoms. The van der Waals surface area contributed by atoms with E-state index in [0.717, 1.165) is 32.0 Å². The maximum absolute atomic E-state index is 10.2. The van der Waals surface area contributed by atoms with E-state index >= 15 is 0 Å². The molecule has 0 unspecified atom stereocenters. The standard InChI is InChI=1S/C7H12O2/c8-5-6-3-1-2-4-7(6)9/h5-7,9H,1-4H2/t6-,7+/m1/s1. The Labute approximate surface area is 54.9 Å². The molecule has 0 radical (unpaired) electrons. The molecule has 0 aromatic carbocycles. The second-order valence-electron chi connectivity index (χ2n) is 2.65. The van der Waals surface area contributed by atoms with Crippen LogP contribution in [0.1, 0.15) is 25.7 Å². The first-order chi connectivity index (χ1) is 4.34. The molecule has 0 aromatic heterocycles. The molecule has 0 aromatic rings. The Morgan fingerprint density at radius 1 is 1.33 bits per heavy atom. The van der Waals surface area contributed by atoms with Crippen LogP contribution in [0.3, 0.4) is 0 Å². The third kappa shape index (κ3) is 1.52. The lowest BCUT2D eigenvalue weighted by Crippen LogP contribution is -2.25. The number of rotatable bonds is 1. The second-order valence-corrected chi connectivity index (χ2v) is 2.65. The van der Waals surface area contributed by atoms with Crippen LogP contribution in [0.5, 0.6) is 0 Å². The molecular formula is C7H12O2. The fraction of sp³-hybridized carbons (Fsp3) is 0.857. The van der Waals surface area contributed by atoms with Gasteiger partial charge in [0, 0.05) is 5.92 Å². The SMILES string of the molecule is O=C[C@H]1CCCC[C@@H]1O. The minimum atomic E-state index is -0.351. The summed E-state index contributed by atoms with van der Waals surface area (Å²) in [6.07, 6.45) is 4.39. The van der Waals surface area contributed by atoms with Gasteiger partial charge in [-0.3, -0.25) is 0 Å². The Bertz CT molecular complexity index is 101. The first-order valence-corrected chi connectivity index (χ1v) is 3.48. The molecule has 2 atom stereocenters. The smallest absolute Gasteiger partial charge is 0.125 e. The molecule has 1 aliphatic carbocycles. The number of aliphatic hydroxyl groups is 1. The molecule has 2 heteroatoms. The van der Waals surface area contributed by atoms with Crippen molar-refractivity contribution in [3.05, 3.63) is 0 Å². The number of carbonyl (C=O) groups is 1. The predicted molar refractivity (Wildman–Crippen MR) is 34.0 cm³/mol. The zero-order valence-corrected chi connectivity index (χ0v) is 5.42. The van der Waals surface area contributed by atoms with Gasteiger partial charge in [-0.1, -0.05) is 12.8 Å². The lowest BCUT2D eigenvalue weighted by atomic mass is 9.88.